The van der Waals surface area contributed by atoms with Gasteiger partial charge < -0.3 is 19.4 Å². The summed E-state index contributed by atoms with van der Waals surface area (Å²) in [6, 6.07) is 8.52. The quantitative estimate of drug-likeness (QED) is 0.656. The summed E-state index contributed by atoms with van der Waals surface area (Å²) in [5.41, 5.74) is 2.95. The number of hydrogen-bond acceptors (Lipinski definition) is 4. The highest BCUT2D eigenvalue weighted by Crippen LogP contribution is 2.29. The molecule has 2 heterocycles. The molecule has 9 heteroatoms. The molecular weight excluding hydrogens is 382 g/mol. The van der Waals surface area contributed by atoms with Crippen LogP contribution in [0.25, 0.3) is 5.82 Å². The number of benzene rings is 1. The predicted molar refractivity (Wildman–Crippen MR) is 103 cm³/mol. The summed E-state index contributed by atoms with van der Waals surface area (Å²) in [6.45, 7) is 1.05. The Hall–Kier alpha value is -3.36. The van der Waals surface area contributed by atoms with Gasteiger partial charge in [0.2, 0.25) is 0 Å². The van der Waals surface area contributed by atoms with Gasteiger partial charge in [0.1, 0.15) is 11.4 Å². The molecule has 0 spiro atoms. The fourth-order valence-corrected chi connectivity index (χ4v) is 3.16. The van der Waals surface area contributed by atoms with Crippen LogP contribution < -0.4 is 14.8 Å². The lowest BCUT2D eigenvalue weighted by Crippen LogP contribution is -2.24. The van der Waals surface area contributed by atoms with Gasteiger partial charge in [0.05, 0.1) is 13.3 Å². The molecule has 0 unspecified atom stereocenters. The van der Waals surface area contributed by atoms with Crippen molar-refractivity contribution in [3.63, 3.8) is 0 Å². The summed E-state index contributed by atoms with van der Waals surface area (Å²) < 4.78 is 38.3. The van der Waals surface area contributed by atoms with Crippen molar-refractivity contribution < 1.29 is 23.0 Å². The van der Waals surface area contributed by atoms with E-state index in [1.165, 1.54) is 25.4 Å². The molecule has 3 rings (SSSR count). The highest BCUT2D eigenvalue weighted by Gasteiger charge is 2.20. The second-order valence-corrected chi connectivity index (χ2v) is 6.50. The van der Waals surface area contributed by atoms with E-state index in [-0.39, 0.29) is 24.0 Å². The summed E-state index contributed by atoms with van der Waals surface area (Å²) in [5.74, 6) is 0.426. The summed E-state index contributed by atoms with van der Waals surface area (Å²) in [7, 11) is 3.13. The van der Waals surface area contributed by atoms with Gasteiger partial charge in [-0.3, -0.25) is 9.48 Å². The predicted octanol–water partition coefficient (Wildman–Crippen LogP) is 3.37. The topological polar surface area (TPSA) is 70.3 Å². The van der Waals surface area contributed by atoms with Gasteiger partial charge in [-0.25, -0.2) is 0 Å². The first-order valence-corrected chi connectivity index (χ1v) is 8.89. The monoisotopic (exact) mass is 404 g/mol. The summed E-state index contributed by atoms with van der Waals surface area (Å²) in [6.07, 6.45) is 1.50. The molecule has 154 valence electrons. The van der Waals surface area contributed by atoms with Gasteiger partial charge in [0, 0.05) is 25.0 Å². The molecule has 0 aliphatic carbocycles. The molecule has 1 amide bonds. The summed E-state index contributed by atoms with van der Waals surface area (Å²) in [4.78, 5) is 12.8. The number of aromatic nitrogens is 3. The molecule has 3 aromatic rings. The number of nitrogens with zero attached hydrogens (tertiary/aromatic N) is 3. The Morgan fingerprint density at radius 2 is 1.86 bits per heavy atom. The first-order chi connectivity index (χ1) is 13.8. The molecule has 2 aromatic heterocycles. The van der Waals surface area contributed by atoms with E-state index in [1.807, 2.05) is 30.5 Å². The maximum atomic E-state index is 12.8. The van der Waals surface area contributed by atoms with Crippen molar-refractivity contribution in [2.45, 2.75) is 27.0 Å². The van der Waals surface area contributed by atoms with Crippen molar-refractivity contribution in [1.29, 1.82) is 0 Å². The second-order valence-electron chi connectivity index (χ2n) is 6.50. The zero-order chi connectivity index (χ0) is 21.1. The fourth-order valence-electron chi connectivity index (χ4n) is 3.16. The Morgan fingerprint density at radius 3 is 2.48 bits per heavy atom. The largest absolute Gasteiger partial charge is 0.493 e. The Labute approximate surface area is 166 Å². The van der Waals surface area contributed by atoms with Crippen LogP contribution in [0.2, 0.25) is 0 Å². The smallest absolute Gasteiger partial charge is 0.387 e. The number of halogens is 2. The van der Waals surface area contributed by atoms with Gasteiger partial charge in [-0.15, -0.1) is 0 Å². The zero-order valence-corrected chi connectivity index (χ0v) is 16.6. The molecule has 0 saturated carbocycles. The van der Waals surface area contributed by atoms with Crippen LogP contribution in [0.4, 0.5) is 8.78 Å². The highest BCUT2D eigenvalue weighted by atomic mass is 19.3. The number of aryl methyl sites for hydroxylation is 3. The number of nitrogens with one attached hydrogen (secondary N) is 1. The molecule has 1 N–H and O–H groups in total. The standard InChI is InChI=1S/C20H22F2N4O3/c1-12-5-6-13(2)26(12)19-15(11-24-25(19)3)18(27)23-10-14-7-8-16(28-4)17(9-14)29-20(21)22/h5-9,11,20H,10H2,1-4H3,(H,23,27). The molecule has 0 atom stereocenters. The van der Waals surface area contributed by atoms with Gasteiger partial charge in [0.25, 0.3) is 5.91 Å². The third-order valence-corrected chi connectivity index (χ3v) is 4.53. The Kier molecular flexibility index (Phi) is 5.86. The van der Waals surface area contributed by atoms with E-state index in [9.17, 15) is 13.6 Å². The first kappa shape index (κ1) is 20.4. The van der Waals surface area contributed by atoms with E-state index >= 15 is 0 Å². The number of ether oxygens (including phenoxy) is 2. The lowest BCUT2D eigenvalue weighted by Gasteiger charge is -2.14. The number of carbonyl (C=O) groups excluding carboxylic acids is 1. The molecule has 29 heavy (non-hydrogen) atoms. The third-order valence-electron chi connectivity index (χ3n) is 4.53. The van der Waals surface area contributed by atoms with Gasteiger partial charge >= 0.3 is 6.61 Å². The molecule has 0 aliphatic heterocycles. The highest BCUT2D eigenvalue weighted by molar-refractivity contribution is 5.97. The lowest BCUT2D eigenvalue weighted by atomic mass is 10.2. The van der Waals surface area contributed by atoms with Crippen molar-refractivity contribution in [3.05, 3.63) is 59.0 Å². The molecule has 0 radical (unpaired) electrons. The van der Waals surface area contributed by atoms with Gasteiger partial charge in [0.15, 0.2) is 11.5 Å². The van der Waals surface area contributed by atoms with Crippen LogP contribution >= 0.6 is 0 Å². The Balaban J connectivity index is 1.81. The molecule has 0 saturated heterocycles. The lowest BCUT2D eigenvalue weighted by molar-refractivity contribution is -0.0512. The van der Waals surface area contributed by atoms with Crippen molar-refractivity contribution in [2.75, 3.05) is 7.11 Å². The number of methoxy groups -OCH3 is 1. The fraction of sp³-hybridized carbons (Fsp3) is 0.300. The number of carbonyl (C=O) groups is 1. The van der Waals surface area contributed by atoms with Crippen LogP contribution in [-0.2, 0) is 13.6 Å². The van der Waals surface area contributed by atoms with E-state index in [1.54, 1.807) is 17.8 Å². The number of alkyl halides is 2. The maximum Gasteiger partial charge on any atom is 0.387 e. The second kappa shape index (κ2) is 8.34. The summed E-state index contributed by atoms with van der Waals surface area (Å²) >= 11 is 0. The number of amides is 1. The maximum absolute atomic E-state index is 12.8. The number of hydrogen-bond donors (Lipinski definition) is 1. The number of rotatable bonds is 7. The van der Waals surface area contributed by atoms with Crippen molar-refractivity contribution in [2.24, 2.45) is 7.05 Å². The van der Waals surface area contributed by atoms with E-state index in [0.29, 0.717) is 16.9 Å². The SMILES string of the molecule is COc1ccc(CNC(=O)c2cnn(C)c2-n2c(C)ccc2C)cc1OC(F)F. The first-order valence-electron chi connectivity index (χ1n) is 8.89. The Bertz CT molecular complexity index is 1010. The van der Waals surface area contributed by atoms with Crippen LogP contribution in [0.1, 0.15) is 27.3 Å². The molecular formula is C20H22F2N4O3. The van der Waals surface area contributed by atoms with Gasteiger partial charge in [-0.2, -0.15) is 13.9 Å². The van der Waals surface area contributed by atoms with Crippen molar-refractivity contribution in [1.82, 2.24) is 19.7 Å². The molecule has 0 fully saturated rings. The third kappa shape index (κ3) is 4.23. The minimum absolute atomic E-state index is 0.0880. The van der Waals surface area contributed by atoms with Crippen molar-refractivity contribution in [3.8, 4) is 17.3 Å². The van der Waals surface area contributed by atoms with E-state index in [2.05, 4.69) is 15.2 Å². The Morgan fingerprint density at radius 1 is 1.17 bits per heavy atom. The van der Waals surface area contributed by atoms with Crippen molar-refractivity contribution >= 4 is 5.91 Å². The summed E-state index contributed by atoms with van der Waals surface area (Å²) in [5, 5.41) is 7.01. The average Bonchev–Trinajstić information content (AvgIpc) is 3.21. The van der Waals surface area contributed by atoms with Crippen LogP contribution in [0.3, 0.4) is 0 Å². The zero-order valence-electron chi connectivity index (χ0n) is 16.6. The van der Waals surface area contributed by atoms with Gasteiger partial charge in [-0.05, 0) is 43.7 Å². The molecule has 7 nitrogen and oxygen atoms in total. The minimum Gasteiger partial charge on any atom is -0.493 e. The van der Waals surface area contributed by atoms with Crippen LogP contribution in [0.5, 0.6) is 11.5 Å². The molecule has 0 bridgehead atoms. The minimum atomic E-state index is -2.97. The van der Waals surface area contributed by atoms with Crippen LogP contribution in [-0.4, -0.2) is 34.0 Å². The van der Waals surface area contributed by atoms with Gasteiger partial charge in [-0.1, -0.05) is 6.07 Å². The average molecular weight is 404 g/mol. The molecule has 1 aromatic carbocycles. The normalized spacial score (nSPS) is 11.0. The van der Waals surface area contributed by atoms with E-state index < -0.39 is 6.61 Å². The van der Waals surface area contributed by atoms with Crippen LogP contribution in [0, 0.1) is 13.8 Å². The molecule has 0 aliphatic rings. The van der Waals surface area contributed by atoms with Crippen LogP contribution in [0.15, 0.2) is 36.5 Å². The van der Waals surface area contributed by atoms with E-state index in [0.717, 1.165) is 11.4 Å². The van der Waals surface area contributed by atoms with E-state index in [4.69, 9.17) is 4.74 Å².